The maximum Gasteiger partial charge on any atom is 0.150 e. The highest BCUT2D eigenvalue weighted by molar-refractivity contribution is 9.10. The molecule has 0 aliphatic rings. The minimum Gasteiger partial charge on any atom is -0.298 e. The van der Waals surface area contributed by atoms with Gasteiger partial charge < -0.3 is 0 Å². The van der Waals surface area contributed by atoms with Crippen molar-refractivity contribution in [3.63, 3.8) is 0 Å². The third-order valence-corrected chi connectivity index (χ3v) is 3.30. The van der Waals surface area contributed by atoms with Crippen LogP contribution in [-0.2, 0) is 0 Å². The molecule has 0 spiro atoms. The molecule has 2 nitrogen and oxygen atoms in total. The molecule has 2 rings (SSSR count). The zero-order chi connectivity index (χ0) is 8.55. The second-order valence-corrected chi connectivity index (χ2v) is 4.02. The number of carbonyl (C=O) groups excluding carboxylic acids is 1. The molecule has 4 heteroatoms. The van der Waals surface area contributed by atoms with E-state index in [9.17, 15) is 4.79 Å². The molecule has 0 saturated carbocycles. The van der Waals surface area contributed by atoms with Crippen LogP contribution >= 0.6 is 27.5 Å². The Hall–Kier alpha value is -0.740. The van der Waals surface area contributed by atoms with Crippen LogP contribution in [0.2, 0.25) is 0 Å². The Morgan fingerprint density at radius 3 is 3.08 bits per heavy atom. The molecule has 2 aromatic rings. The van der Waals surface area contributed by atoms with E-state index in [1.807, 2.05) is 6.07 Å². The summed E-state index contributed by atoms with van der Waals surface area (Å²) in [5.74, 6) is 0. The second-order valence-electron chi connectivity index (χ2n) is 2.36. The molecule has 0 saturated heterocycles. The molecule has 60 valence electrons. The quantitative estimate of drug-likeness (QED) is 0.719. The van der Waals surface area contributed by atoms with Gasteiger partial charge in [0.05, 0.1) is 4.70 Å². The van der Waals surface area contributed by atoms with E-state index in [1.54, 1.807) is 12.3 Å². The predicted octanol–water partition coefficient (Wildman–Crippen LogP) is 2.87. The van der Waals surface area contributed by atoms with Gasteiger partial charge in [-0.15, -0.1) is 0 Å². The van der Waals surface area contributed by atoms with Crippen LogP contribution in [0.1, 0.15) is 10.4 Å². The zero-order valence-electron chi connectivity index (χ0n) is 5.95. The molecule has 0 bridgehead atoms. The maximum atomic E-state index is 10.5. The van der Waals surface area contributed by atoms with E-state index in [0.717, 1.165) is 20.8 Å². The highest BCUT2D eigenvalue weighted by atomic mass is 79.9. The summed E-state index contributed by atoms with van der Waals surface area (Å²) >= 11 is 4.80. The number of hydrogen-bond donors (Lipinski definition) is 0. The van der Waals surface area contributed by atoms with Crippen molar-refractivity contribution in [1.29, 1.82) is 0 Å². The van der Waals surface area contributed by atoms with Crippen molar-refractivity contribution in [3.8, 4) is 0 Å². The van der Waals surface area contributed by atoms with Gasteiger partial charge in [-0.05, 0) is 39.6 Å². The lowest BCUT2D eigenvalue weighted by molar-refractivity contribution is 0.112. The van der Waals surface area contributed by atoms with Crippen LogP contribution in [-0.4, -0.2) is 10.7 Å². The summed E-state index contributed by atoms with van der Waals surface area (Å²) in [5.41, 5.74) is 0.676. The molecule has 0 unspecified atom stereocenters. The van der Waals surface area contributed by atoms with Crippen molar-refractivity contribution in [2.75, 3.05) is 0 Å². The van der Waals surface area contributed by atoms with Gasteiger partial charge in [0.2, 0.25) is 0 Å². The molecule has 0 radical (unpaired) electrons. The Balaban J connectivity index is 2.83. The average molecular weight is 242 g/mol. The lowest BCUT2D eigenvalue weighted by atomic mass is 10.2. The largest absolute Gasteiger partial charge is 0.298 e. The van der Waals surface area contributed by atoms with Crippen molar-refractivity contribution in [1.82, 2.24) is 4.37 Å². The van der Waals surface area contributed by atoms with Gasteiger partial charge in [-0.2, -0.15) is 4.37 Å². The van der Waals surface area contributed by atoms with Crippen molar-refractivity contribution >= 4 is 43.8 Å². The Kier molecular flexibility index (Phi) is 1.94. The highest BCUT2D eigenvalue weighted by Crippen LogP contribution is 2.28. The van der Waals surface area contributed by atoms with Gasteiger partial charge in [-0.25, -0.2) is 0 Å². The SMILES string of the molecule is O=Cc1cc(Br)c2sncc2c1. The van der Waals surface area contributed by atoms with E-state index in [0.29, 0.717) is 5.56 Å². The molecule has 0 fully saturated rings. The fourth-order valence-corrected chi connectivity index (χ4v) is 2.38. The van der Waals surface area contributed by atoms with Crippen molar-refractivity contribution in [3.05, 3.63) is 28.4 Å². The van der Waals surface area contributed by atoms with Gasteiger partial charge in [0.25, 0.3) is 0 Å². The van der Waals surface area contributed by atoms with E-state index in [-0.39, 0.29) is 0 Å². The first-order chi connectivity index (χ1) is 5.81. The molecule has 1 heterocycles. The van der Waals surface area contributed by atoms with Crippen LogP contribution in [0, 0.1) is 0 Å². The molecule has 1 aromatic heterocycles. The molecule has 0 aliphatic heterocycles. The minimum absolute atomic E-state index is 0.676. The smallest absolute Gasteiger partial charge is 0.150 e. The molecular weight excluding hydrogens is 238 g/mol. The summed E-state index contributed by atoms with van der Waals surface area (Å²) in [5, 5.41) is 1.01. The molecule has 1 aromatic carbocycles. The normalized spacial score (nSPS) is 10.4. The number of benzene rings is 1. The van der Waals surface area contributed by atoms with E-state index < -0.39 is 0 Å². The van der Waals surface area contributed by atoms with E-state index >= 15 is 0 Å². The Morgan fingerprint density at radius 2 is 2.33 bits per heavy atom. The van der Waals surface area contributed by atoms with E-state index in [4.69, 9.17) is 0 Å². The van der Waals surface area contributed by atoms with Gasteiger partial charge in [-0.1, -0.05) is 0 Å². The van der Waals surface area contributed by atoms with Crippen LogP contribution in [0.3, 0.4) is 0 Å². The number of carbonyl (C=O) groups is 1. The Labute approximate surface area is 81.5 Å². The van der Waals surface area contributed by atoms with E-state index in [2.05, 4.69) is 20.3 Å². The highest BCUT2D eigenvalue weighted by Gasteiger charge is 2.02. The van der Waals surface area contributed by atoms with Crippen LogP contribution in [0.25, 0.3) is 10.1 Å². The van der Waals surface area contributed by atoms with Gasteiger partial charge in [0.1, 0.15) is 6.29 Å². The third kappa shape index (κ3) is 1.17. The zero-order valence-corrected chi connectivity index (χ0v) is 8.35. The predicted molar refractivity (Wildman–Crippen MR) is 52.7 cm³/mol. The summed E-state index contributed by atoms with van der Waals surface area (Å²) in [4.78, 5) is 10.5. The molecule has 0 N–H and O–H groups in total. The third-order valence-electron chi connectivity index (χ3n) is 1.57. The van der Waals surface area contributed by atoms with Gasteiger partial charge in [-0.3, -0.25) is 4.79 Å². The molecule has 0 atom stereocenters. The summed E-state index contributed by atoms with van der Waals surface area (Å²) in [6, 6.07) is 3.63. The number of halogens is 1. The first kappa shape index (κ1) is 7.89. The number of rotatable bonds is 1. The number of aromatic nitrogens is 1. The molecule has 12 heavy (non-hydrogen) atoms. The van der Waals surface area contributed by atoms with Crippen molar-refractivity contribution < 1.29 is 4.79 Å². The van der Waals surface area contributed by atoms with Crippen molar-refractivity contribution in [2.45, 2.75) is 0 Å². The van der Waals surface area contributed by atoms with Gasteiger partial charge >= 0.3 is 0 Å². The molecule has 0 aliphatic carbocycles. The summed E-state index contributed by atoms with van der Waals surface area (Å²) in [7, 11) is 0. The second kappa shape index (κ2) is 2.95. The summed E-state index contributed by atoms with van der Waals surface area (Å²) < 4.78 is 6.05. The first-order valence-electron chi connectivity index (χ1n) is 3.30. The number of aldehydes is 1. The lowest BCUT2D eigenvalue weighted by Gasteiger charge is -1.93. The van der Waals surface area contributed by atoms with Crippen LogP contribution in [0.4, 0.5) is 0 Å². The van der Waals surface area contributed by atoms with Crippen LogP contribution in [0.5, 0.6) is 0 Å². The van der Waals surface area contributed by atoms with Gasteiger partial charge in [0, 0.05) is 21.6 Å². The lowest BCUT2D eigenvalue weighted by Crippen LogP contribution is -1.78. The number of fused-ring (bicyclic) bond motifs is 1. The monoisotopic (exact) mass is 241 g/mol. The van der Waals surface area contributed by atoms with Gasteiger partial charge in [0.15, 0.2) is 0 Å². The summed E-state index contributed by atoms with van der Waals surface area (Å²) in [6.07, 6.45) is 2.60. The Bertz CT molecular complexity index is 438. The number of hydrogen-bond acceptors (Lipinski definition) is 3. The maximum absolute atomic E-state index is 10.5. The fourth-order valence-electron chi connectivity index (χ4n) is 1.03. The van der Waals surface area contributed by atoms with E-state index in [1.165, 1.54) is 11.5 Å². The summed E-state index contributed by atoms with van der Waals surface area (Å²) in [6.45, 7) is 0. The van der Waals surface area contributed by atoms with Crippen LogP contribution < -0.4 is 0 Å². The molecule has 0 amide bonds. The number of nitrogens with zero attached hydrogens (tertiary/aromatic N) is 1. The standard InChI is InChI=1S/C8H4BrNOS/c9-7-2-5(4-11)1-6-3-10-12-8(6)7/h1-4H. The Morgan fingerprint density at radius 1 is 1.50 bits per heavy atom. The fraction of sp³-hybridized carbons (Fsp3) is 0. The molecular formula is C8H4BrNOS. The topological polar surface area (TPSA) is 30.0 Å². The first-order valence-corrected chi connectivity index (χ1v) is 4.87. The minimum atomic E-state index is 0.676. The van der Waals surface area contributed by atoms with Crippen LogP contribution in [0.15, 0.2) is 22.8 Å². The van der Waals surface area contributed by atoms with Crippen molar-refractivity contribution in [2.24, 2.45) is 0 Å². The average Bonchev–Trinajstić information content (AvgIpc) is 2.52.